The summed E-state index contributed by atoms with van der Waals surface area (Å²) in [5.41, 5.74) is 5.14. The third kappa shape index (κ3) is 3.26. The van der Waals surface area contributed by atoms with Crippen LogP contribution in [0.5, 0.6) is 5.75 Å². The highest BCUT2D eigenvalue weighted by Crippen LogP contribution is 2.17. The SMILES string of the molecule is COc1ccc(C2=NNC(=NC(C)C)SC2)cc1. The molecule has 0 radical (unpaired) electrons. The van der Waals surface area contributed by atoms with Gasteiger partial charge in [-0.15, -0.1) is 0 Å². The molecule has 0 aliphatic carbocycles. The van der Waals surface area contributed by atoms with E-state index in [0.29, 0.717) is 0 Å². The van der Waals surface area contributed by atoms with Gasteiger partial charge in [0.15, 0.2) is 5.17 Å². The number of hydrazone groups is 1. The Labute approximate surface area is 112 Å². The number of benzene rings is 1. The summed E-state index contributed by atoms with van der Waals surface area (Å²) >= 11 is 1.68. The van der Waals surface area contributed by atoms with E-state index in [4.69, 9.17) is 4.74 Å². The maximum absolute atomic E-state index is 5.14. The summed E-state index contributed by atoms with van der Waals surface area (Å²) in [7, 11) is 1.67. The Morgan fingerprint density at radius 2 is 2.06 bits per heavy atom. The first kappa shape index (κ1) is 13.0. The number of hydrogen-bond donors (Lipinski definition) is 1. The molecule has 0 spiro atoms. The molecule has 0 unspecified atom stereocenters. The maximum Gasteiger partial charge on any atom is 0.177 e. The fraction of sp³-hybridized carbons (Fsp3) is 0.385. The van der Waals surface area contributed by atoms with E-state index in [1.165, 1.54) is 0 Å². The lowest BCUT2D eigenvalue weighted by atomic mass is 10.1. The minimum Gasteiger partial charge on any atom is -0.497 e. The van der Waals surface area contributed by atoms with Crippen LogP contribution in [0.4, 0.5) is 0 Å². The average Bonchev–Trinajstić information content (AvgIpc) is 2.39. The van der Waals surface area contributed by atoms with Crippen molar-refractivity contribution in [3.05, 3.63) is 29.8 Å². The number of methoxy groups -OCH3 is 1. The second kappa shape index (κ2) is 5.91. The lowest BCUT2D eigenvalue weighted by Crippen LogP contribution is -2.26. The summed E-state index contributed by atoms with van der Waals surface area (Å²) < 4.78 is 5.14. The molecular weight excluding hydrogens is 246 g/mol. The number of hydrogen-bond acceptors (Lipinski definition) is 4. The molecule has 1 N–H and O–H groups in total. The molecular formula is C13H17N3OS. The van der Waals surface area contributed by atoms with Gasteiger partial charge in [-0.2, -0.15) is 5.10 Å². The Hall–Kier alpha value is -1.49. The predicted octanol–water partition coefficient (Wildman–Crippen LogP) is 2.50. The first-order valence-electron chi connectivity index (χ1n) is 5.86. The maximum atomic E-state index is 5.14. The van der Waals surface area contributed by atoms with Crippen LogP contribution in [0, 0.1) is 0 Å². The molecule has 1 aromatic rings. The summed E-state index contributed by atoms with van der Waals surface area (Å²) in [5.74, 6) is 1.70. The van der Waals surface area contributed by atoms with Gasteiger partial charge in [0.1, 0.15) is 5.75 Å². The molecule has 18 heavy (non-hydrogen) atoms. The van der Waals surface area contributed by atoms with Crippen LogP contribution in [0.1, 0.15) is 19.4 Å². The van der Waals surface area contributed by atoms with Crippen molar-refractivity contribution >= 4 is 22.6 Å². The Morgan fingerprint density at radius 3 is 2.56 bits per heavy atom. The molecule has 0 atom stereocenters. The van der Waals surface area contributed by atoms with Crippen LogP contribution < -0.4 is 10.2 Å². The van der Waals surface area contributed by atoms with Gasteiger partial charge in [0.05, 0.1) is 12.8 Å². The van der Waals surface area contributed by atoms with Crippen LogP contribution >= 0.6 is 11.8 Å². The topological polar surface area (TPSA) is 46.0 Å². The number of ether oxygens (including phenoxy) is 1. The van der Waals surface area contributed by atoms with Gasteiger partial charge in [-0.25, -0.2) is 0 Å². The summed E-state index contributed by atoms with van der Waals surface area (Å²) in [6, 6.07) is 8.22. The van der Waals surface area contributed by atoms with E-state index in [2.05, 4.69) is 29.4 Å². The van der Waals surface area contributed by atoms with Gasteiger partial charge < -0.3 is 4.74 Å². The summed E-state index contributed by atoms with van der Waals surface area (Å²) in [5, 5.41) is 5.25. The molecule has 0 aromatic heterocycles. The van der Waals surface area contributed by atoms with Crippen molar-refractivity contribution in [3.8, 4) is 5.75 Å². The van der Waals surface area contributed by atoms with Gasteiger partial charge in [-0.05, 0) is 43.7 Å². The van der Waals surface area contributed by atoms with Crippen LogP contribution in [0.3, 0.4) is 0 Å². The van der Waals surface area contributed by atoms with Crippen LogP contribution in [0.25, 0.3) is 0 Å². The van der Waals surface area contributed by atoms with Gasteiger partial charge in [-0.3, -0.25) is 10.4 Å². The molecule has 0 bridgehead atoms. The average molecular weight is 263 g/mol. The highest BCUT2D eigenvalue weighted by molar-refractivity contribution is 8.14. The van der Waals surface area contributed by atoms with Gasteiger partial charge in [0.2, 0.25) is 0 Å². The number of aliphatic imine (C=N–C) groups is 1. The number of thioether (sulfide) groups is 1. The Balaban J connectivity index is 2.09. The van der Waals surface area contributed by atoms with Crippen molar-refractivity contribution in [1.82, 2.24) is 5.43 Å². The smallest absolute Gasteiger partial charge is 0.177 e. The molecule has 96 valence electrons. The van der Waals surface area contributed by atoms with E-state index in [9.17, 15) is 0 Å². The fourth-order valence-corrected chi connectivity index (χ4v) is 2.45. The normalized spacial score (nSPS) is 17.6. The molecule has 0 amide bonds. The van der Waals surface area contributed by atoms with Crippen LogP contribution in [-0.4, -0.2) is 29.8 Å². The van der Waals surface area contributed by atoms with Crippen LogP contribution in [0.15, 0.2) is 34.4 Å². The number of rotatable bonds is 3. The highest BCUT2D eigenvalue weighted by atomic mass is 32.2. The van der Waals surface area contributed by atoms with E-state index in [0.717, 1.165) is 27.9 Å². The largest absolute Gasteiger partial charge is 0.497 e. The van der Waals surface area contributed by atoms with E-state index in [1.54, 1.807) is 18.9 Å². The second-order valence-electron chi connectivity index (χ2n) is 4.22. The quantitative estimate of drug-likeness (QED) is 0.911. The van der Waals surface area contributed by atoms with Gasteiger partial charge in [-0.1, -0.05) is 11.8 Å². The second-order valence-corrected chi connectivity index (χ2v) is 5.18. The molecule has 1 aromatic carbocycles. The first-order valence-corrected chi connectivity index (χ1v) is 6.85. The fourth-order valence-electron chi connectivity index (χ4n) is 1.55. The van der Waals surface area contributed by atoms with Crippen molar-refractivity contribution in [2.45, 2.75) is 19.9 Å². The van der Waals surface area contributed by atoms with Crippen LogP contribution in [0.2, 0.25) is 0 Å². The molecule has 0 fully saturated rings. The van der Waals surface area contributed by atoms with Gasteiger partial charge in [0.25, 0.3) is 0 Å². The lowest BCUT2D eigenvalue weighted by Gasteiger charge is -2.15. The number of nitrogens with zero attached hydrogens (tertiary/aromatic N) is 2. The van der Waals surface area contributed by atoms with E-state index < -0.39 is 0 Å². The molecule has 2 rings (SSSR count). The van der Waals surface area contributed by atoms with E-state index >= 15 is 0 Å². The molecule has 0 saturated heterocycles. The third-order valence-corrected chi connectivity index (χ3v) is 3.32. The lowest BCUT2D eigenvalue weighted by molar-refractivity contribution is 0.415. The minimum atomic E-state index is 0.290. The summed E-state index contributed by atoms with van der Waals surface area (Å²) in [6.07, 6.45) is 0. The van der Waals surface area contributed by atoms with Gasteiger partial charge in [0, 0.05) is 11.8 Å². The third-order valence-electron chi connectivity index (χ3n) is 2.43. The van der Waals surface area contributed by atoms with E-state index in [-0.39, 0.29) is 6.04 Å². The Bertz CT molecular complexity index is 466. The highest BCUT2D eigenvalue weighted by Gasteiger charge is 2.13. The van der Waals surface area contributed by atoms with Crippen molar-refractivity contribution in [1.29, 1.82) is 0 Å². The van der Waals surface area contributed by atoms with E-state index in [1.807, 2.05) is 24.3 Å². The zero-order valence-corrected chi connectivity index (χ0v) is 11.6. The number of nitrogens with one attached hydrogen (secondary N) is 1. The van der Waals surface area contributed by atoms with Crippen molar-refractivity contribution in [3.63, 3.8) is 0 Å². The van der Waals surface area contributed by atoms with Crippen molar-refractivity contribution < 1.29 is 4.74 Å². The van der Waals surface area contributed by atoms with Gasteiger partial charge >= 0.3 is 0 Å². The Kier molecular flexibility index (Phi) is 4.25. The summed E-state index contributed by atoms with van der Waals surface area (Å²) in [4.78, 5) is 4.43. The minimum absolute atomic E-state index is 0.290. The number of amidine groups is 1. The van der Waals surface area contributed by atoms with Crippen molar-refractivity contribution in [2.24, 2.45) is 10.1 Å². The standard InChI is InChI=1S/C13H17N3OS/c1-9(2)14-13-16-15-12(8-18-13)10-4-6-11(17-3)7-5-10/h4-7,9H,8H2,1-3H3,(H,14,16). The molecule has 4 nitrogen and oxygen atoms in total. The molecule has 1 aliphatic rings. The molecule has 0 saturated carbocycles. The monoisotopic (exact) mass is 263 g/mol. The summed E-state index contributed by atoms with van der Waals surface area (Å²) in [6.45, 7) is 4.11. The first-order chi connectivity index (χ1) is 8.69. The molecule has 1 heterocycles. The van der Waals surface area contributed by atoms with Crippen LogP contribution in [-0.2, 0) is 0 Å². The Morgan fingerprint density at radius 1 is 1.33 bits per heavy atom. The zero-order chi connectivity index (χ0) is 13.0. The molecule has 5 heteroatoms. The predicted molar refractivity (Wildman–Crippen MR) is 77.7 cm³/mol. The molecule has 1 aliphatic heterocycles. The zero-order valence-electron chi connectivity index (χ0n) is 10.8. The van der Waals surface area contributed by atoms with Crippen molar-refractivity contribution in [2.75, 3.05) is 12.9 Å².